The molecule has 1 heterocycles. The van der Waals surface area contributed by atoms with Crippen LogP contribution in [0.4, 0.5) is 0 Å². The topological polar surface area (TPSA) is 69.8 Å². The predicted octanol–water partition coefficient (Wildman–Crippen LogP) is 0.0951. The Morgan fingerprint density at radius 3 is 3.11 bits per heavy atom. The fraction of sp³-hybridized carbons (Fsp3) is 0.250. The monoisotopic (exact) mass is 141 g/mol. The third-order valence-corrected chi connectivity index (χ3v) is 1.49. The number of aromatic nitrogens is 2. The van der Waals surface area contributed by atoms with E-state index in [4.69, 9.17) is 10.4 Å². The van der Waals surface area contributed by atoms with E-state index in [2.05, 4.69) is 9.59 Å². The molecule has 1 aromatic heterocycles. The zero-order valence-corrected chi connectivity index (χ0v) is 5.17. The molecule has 9 heavy (non-hydrogen) atoms. The predicted molar refractivity (Wildman–Crippen MR) is 30.5 cm³/mol. The smallest absolute Gasteiger partial charge is 0.178 e. The normalized spacial score (nSPS) is 12.4. The average Bonchev–Trinajstić information content (AvgIpc) is 2.37. The summed E-state index contributed by atoms with van der Waals surface area (Å²) < 4.78 is 3.47. The van der Waals surface area contributed by atoms with Crippen LogP contribution in [0.5, 0.6) is 0 Å². The van der Waals surface area contributed by atoms with Gasteiger partial charge < -0.3 is 5.11 Å². The molecule has 0 aliphatic carbocycles. The minimum Gasteiger partial charge on any atom is -0.373 e. The van der Waals surface area contributed by atoms with Crippen LogP contribution in [0.15, 0.2) is 6.20 Å². The summed E-state index contributed by atoms with van der Waals surface area (Å²) in [5, 5.41) is 20.4. The largest absolute Gasteiger partial charge is 0.373 e. The second-order valence-corrected chi connectivity index (χ2v) is 2.17. The molecule has 5 heteroatoms. The van der Waals surface area contributed by atoms with Crippen molar-refractivity contribution < 1.29 is 5.11 Å². The molecule has 0 radical (unpaired) electrons. The summed E-state index contributed by atoms with van der Waals surface area (Å²) in [4.78, 5) is 0.484. The lowest BCUT2D eigenvalue weighted by Crippen LogP contribution is -1.87. The second-order valence-electron chi connectivity index (χ2n) is 1.35. The highest BCUT2D eigenvalue weighted by Crippen LogP contribution is 2.12. The molecule has 0 aromatic carbocycles. The van der Waals surface area contributed by atoms with Crippen LogP contribution < -0.4 is 0 Å². The van der Waals surface area contributed by atoms with E-state index in [9.17, 15) is 0 Å². The summed E-state index contributed by atoms with van der Waals surface area (Å²) in [6.07, 6.45) is 0.309. The number of hydrogen-bond donors (Lipinski definition) is 1. The molecular weight excluding hydrogens is 138 g/mol. The summed E-state index contributed by atoms with van der Waals surface area (Å²) in [6.45, 7) is 0. The van der Waals surface area contributed by atoms with E-state index in [1.165, 1.54) is 6.20 Å². The Kier molecular flexibility index (Phi) is 1.72. The Morgan fingerprint density at radius 1 is 1.89 bits per heavy atom. The molecule has 0 bridgehead atoms. The number of aliphatic hydroxyl groups is 1. The lowest BCUT2D eigenvalue weighted by Gasteiger charge is -1.89. The van der Waals surface area contributed by atoms with Crippen molar-refractivity contribution in [3.63, 3.8) is 0 Å². The maximum Gasteiger partial charge on any atom is 0.178 e. The number of nitrogens with zero attached hydrogens (tertiary/aromatic N) is 3. The van der Waals surface area contributed by atoms with Gasteiger partial charge in [-0.3, -0.25) is 0 Å². The molecule has 0 fully saturated rings. The zero-order chi connectivity index (χ0) is 6.69. The Morgan fingerprint density at radius 2 is 2.67 bits per heavy atom. The van der Waals surface area contributed by atoms with Crippen LogP contribution in [0, 0.1) is 11.3 Å². The van der Waals surface area contributed by atoms with Crippen molar-refractivity contribution in [2.75, 3.05) is 0 Å². The third kappa shape index (κ3) is 1.22. The van der Waals surface area contributed by atoms with Crippen molar-refractivity contribution in [1.29, 1.82) is 5.26 Å². The molecule has 1 atom stereocenters. The fourth-order valence-electron chi connectivity index (χ4n) is 0.359. The summed E-state index contributed by atoms with van der Waals surface area (Å²) in [5.41, 5.74) is 0. The van der Waals surface area contributed by atoms with E-state index in [1.807, 2.05) is 0 Å². The first kappa shape index (κ1) is 6.13. The van der Waals surface area contributed by atoms with Crippen LogP contribution in [-0.2, 0) is 0 Å². The van der Waals surface area contributed by atoms with E-state index in [0.717, 1.165) is 11.5 Å². The van der Waals surface area contributed by atoms with Crippen LogP contribution in [0.2, 0.25) is 0 Å². The van der Waals surface area contributed by atoms with Crippen molar-refractivity contribution in [2.45, 2.75) is 6.10 Å². The van der Waals surface area contributed by atoms with Crippen molar-refractivity contribution in [3.05, 3.63) is 11.1 Å². The van der Waals surface area contributed by atoms with Crippen LogP contribution >= 0.6 is 11.5 Å². The first-order chi connectivity index (χ1) is 4.34. The number of nitriles is 1. The van der Waals surface area contributed by atoms with E-state index in [1.54, 1.807) is 6.07 Å². The molecule has 0 spiro atoms. The van der Waals surface area contributed by atoms with Gasteiger partial charge in [0.15, 0.2) is 6.10 Å². The van der Waals surface area contributed by atoms with Gasteiger partial charge in [-0.05, 0) is 11.5 Å². The highest BCUT2D eigenvalue weighted by atomic mass is 32.1. The van der Waals surface area contributed by atoms with E-state index >= 15 is 0 Å². The first-order valence-electron chi connectivity index (χ1n) is 2.19. The SMILES string of the molecule is N#CC(O)c1cnns1. The summed E-state index contributed by atoms with van der Waals surface area (Å²) >= 11 is 1.02. The average molecular weight is 141 g/mol. The van der Waals surface area contributed by atoms with Gasteiger partial charge in [-0.25, -0.2) is 0 Å². The minimum absolute atomic E-state index is 0.484. The highest BCUT2D eigenvalue weighted by Gasteiger charge is 2.06. The van der Waals surface area contributed by atoms with Gasteiger partial charge in [0.05, 0.1) is 17.1 Å². The minimum atomic E-state index is -1.06. The summed E-state index contributed by atoms with van der Waals surface area (Å²) in [7, 11) is 0. The quantitative estimate of drug-likeness (QED) is 0.563. The van der Waals surface area contributed by atoms with Gasteiger partial charge in [0, 0.05) is 0 Å². The number of hydrogen-bond acceptors (Lipinski definition) is 5. The molecule has 1 N–H and O–H groups in total. The molecule has 0 aliphatic heterocycles. The maximum absolute atomic E-state index is 8.79. The van der Waals surface area contributed by atoms with E-state index in [-0.39, 0.29) is 0 Å². The molecule has 46 valence electrons. The summed E-state index contributed by atoms with van der Waals surface area (Å²) in [5.74, 6) is 0. The Bertz CT molecular complexity index is 214. The Balaban J connectivity index is 2.80. The van der Waals surface area contributed by atoms with Crippen molar-refractivity contribution in [3.8, 4) is 6.07 Å². The van der Waals surface area contributed by atoms with Gasteiger partial charge in [-0.1, -0.05) is 4.49 Å². The number of aliphatic hydroxyl groups excluding tert-OH is 1. The van der Waals surface area contributed by atoms with Crippen molar-refractivity contribution in [2.24, 2.45) is 0 Å². The standard InChI is InChI=1S/C4H3N3OS/c5-1-3(8)4-2-6-7-9-4/h2-3,8H. The molecular formula is C4H3N3OS. The van der Waals surface area contributed by atoms with Crippen molar-refractivity contribution >= 4 is 11.5 Å². The van der Waals surface area contributed by atoms with Gasteiger partial charge >= 0.3 is 0 Å². The molecule has 1 unspecified atom stereocenters. The Hall–Kier alpha value is -0.990. The van der Waals surface area contributed by atoms with Crippen LogP contribution in [0.1, 0.15) is 11.0 Å². The Labute approximate surface area is 55.5 Å². The number of rotatable bonds is 1. The fourth-order valence-corrected chi connectivity index (χ4v) is 0.794. The molecule has 0 saturated carbocycles. The zero-order valence-electron chi connectivity index (χ0n) is 4.35. The molecule has 0 amide bonds. The second kappa shape index (κ2) is 2.53. The highest BCUT2D eigenvalue weighted by molar-refractivity contribution is 7.05. The van der Waals surface area contributed by atoms with Gasteiger partial charge in [-0.15, -0.1) is 5.10 Å². The summed E-state index contributed by atoms with van der Waals surface area (Å²) in [6, 6.07) is 1.65. The van der Waals surface area contributed by atoms with E-state index < -0.39 is 6.10 Å². The third-order valence-electron chi connectivity index (χ3n) is 0.770. The van der Waals surface area contributed by atoms with Crippen LogP contribution in [0.3, 0.4) is 0 Å². The van der Waals surface area contributed by atoms with Gasteiger partial charge in [0.25, 0.3) is 0 Å². The molecule has 0 aliphatic rings. The van der Waals surface area contributed by atoms with E-state index in [0.29, 0.717) is 4.88 Å². The molecule has 0 saturated heterocycles. The van der Waals surface area contributed by atoms with Crippen LogP contribution in [0.25, 0.3) is 0 Å². The molecule has 1 aromatic rings. The van der Waals surface area contributed by atoms with Gasteiger partial charge in [0.2, 0.25) is 0 Å². The molecule has 1 rings (SSSR count). The van der Waals surface area contributed by atoms with Crippen molar-refractivity contribution in [1.82, 2.24) is 9.59 Å². The lowest BCUT2D eigenvalue weighted by atomic mass is 10.4. The maximum atomic E-state index is 8.79. The van der Waals surface area contributed by atoms with Crippen LogP contribution in [-0.4, -0.2) is 14.7 Å². The lowest BCUT2D eigenvalue weighted by molar-refractivity contribution is 0.239. The van der Waals surface area contributed by atoms with Gasteiger partial charge in [-0.2, -0.15) is 5.26 Å². The molecule has 4 nitrogen and oxygen atoms in total. The first-order valence-corrected chi connectivity index (χ1v) is 2.97. The van der Waals surface area contributed by atoms with Gasteiger partial charge in [0.1, 0.15) is 0 Å².